The van der Waals surface area contributed by atoms with E-state index in [1.165, 1.54) is 51.2 Å². The molecule has 236 valence electrons. The number of aromatic nitrogens is 3. The summed E-state index contributed by atoms with van der Waals surface area (Å²) in [6.07, 6.45) is 14.0. The lowest BCUT2D eigenvalue weighted by Gasteiger charge is -2.48. The number of nitrogens with zero attached hydrogens (tertiary/aromatic N) is 4. The highest BCUT2D eigenvalue weighted by atomic mass is 19.1. The summed E-state index contributed by atoms with van der Waals surface area (Å²) in [5.41, 5.74) is 2.04. The molecule has 2 N–H and O–H groups in total. The second-order valence-corrected chi connectivity index (χ2v) is 13.0. The van der Waals surface area contributed by atoms with Crippen LogP contribution in [0.15, 0.2) is 61.2 Å². The van der Waals surface area contributed by atoms with Crippen molar-refractivity contribution >= 4 is 11.8 Å². The highest BCUT2D eigenvalue weighted by molar-refractivity contribution is 5.79. The Labute approximate surface area is 260 Å². The number of carbonyl (C=O) groups excluding carboxylic acids is 2. The van der Waals surface area contributed by atoms with Gasteiger partial charge in [0.05, 0.1) is 0 Å². The van der Waals surface area contributed by atoms with Gasteiger partial charge in [-0.25, -0.2) is 9.37 Å². The second-order valence-electron chi connectivity index (χ2n) is 13.0. The maximum absolute atomic E-state index is 14.2. The summed E-state index contributed by atoms with van der Waals surface area (Å²) < 4.78 is 15.7. The Morgan fingerprint density at radius 1 is 0.977 bits per heavy atom. The zero-order valence-corrected chi connectivity index (χ0v) is 25.8. The van der Waals surface area contributed by atoms with Crippen LogP contribution in [0.2, 0.25) is 0 Å². The number of aromatic hydroxyl groups is 1. The van der Waals surface area contributed by atoms with Gasteiger partial charge in [0.25, 0.3) is 0 Å². The molecule has 2 heterocycles. The molecule has 0 spiro atoms. The fourth-order valence-corrected chi connectivity index (χ4v) is 7.53. The monoisotopic (exact) mass is 603 g/mol. The Morgan fingerprint density at radius 3 is 2.27 bits per heavy atom. The SMILES string of the molecule is CC(=O)NC(CC[C@H](Cc1ccc(F)cc1)C(=O)N1CCC(Cn2cncn2)(C2CCCCC2)CC1)Cc1ccc(O)cc1. The number of phenolic OH excluding ortho intramolecular Hbond substituents is 1. The first-order chi connectivity index (χ1) is 21.3. The Bertz CT molecular complexity index is 1330. The van der Waals surface area contributed by atoms with E-state index < -0.39 is 0 Å². The molecule has 1 saturated heterocycles. The molecule has 8 nitrogen and oxygen atoms in total. The number of likely N-dealkylation sites (tertiary alicyclic amines) is 1. The minimum absolute atomic E-state index is 0.109. The number of hydrogen-bond donors (Lipinski definition) is 2. The van der Waals surface area contributed by atoms with Crippen LogP contribution in [0.4, 0.5) is 4.39 Å². The first kappa shape index (κ1) is 31.7. The maximum atomic E-state index is 14.2. The Hall–Kier alpha value is -3.75. The molecule has 1 saturated carbocycles. The van der Waals surface area contributed by atoms with Crippen molar-refractivity contribution in [3.05, 3.63) is 78.1 Å². The first-order valence-electron chi connectivity index (χ1n) is 16.2. The van der Waals surface area contributed by atoms with Gasteiger partial charge in [-0.1, -0.05) is 43.5 Å². The lowest BCUT2D eigenvalue weighted by molar-refractivity contribution is -0.139. The number of carbonyl (C=O) groups is 2. The topological polar surface area (TPSA) is 100 Å². The molecule has 2 aromatic carbocycles. The molecule has 5 rings (SSSR count). The number of benzene rings is 2. The van der Waals surface area contributed by atoms with Gasteiger partial charge in [0.2, 0.25) is 11.8 Å². The predicted molar refractivity (Wildman–Crippen MR) is 167 cm³/mol. The summed E-state index contributed by atoms with van der Waals surface area (Å²) in [4.78, 5) is 32.5. The van der Waals surface area contributed by atoms with Crippen molar-refractivity contribution in [2.24, 2.45) is 17.3 Å². The molecule has 1 aliphatic heterocycles. The second kappa shape index (κ2) is 14.8. The van der Waals surface area contributed by atoms with Crippen molar-refractivity contribution in [2.45, 2.75) is 90.1 Å². The fraction of sp³-hybridized carbons (Fsp3) is 0.543. The Balaban J connectivity index is 1.30. The van der Waals surface area contributed by atoms with Crippen LogP contribution in [-0.4, -0.2) is 55.7 Å². The van der Waals surface area contributed by atoms with Gasteiger partial charge in [-0.3, -0.25) is 14.3 Å². The van der Waals surface area contributed by atoms with Gasteiger partial charge < -0.3 is 15.3 Å². The van der Waals surface area contributed by atoms with Gasteiger partial charge in [0.15, 0.2) is 0 Å². The third-order valence-corrected chi connectivity index (χ3v) is 9.92. The maximum Gasteiger partial charge on any atom is 0.226 e. The summed E-state index contributed by atoms with van der Waals surface area (Å²) >= 11 is 0. The van der Waals surface area contributed by atoms with E-state index >= 15 is 0 Å². The molecular weight excluding hydrogens is 557 g/mol. The van der Waals surface area contributed by atoms with Crippen LogP contribution in [0.3, 0.4) is 0 Å². The van der Waals surface area contributed by atoms with Gasteiger partial charge in [0.1, 0.15) is 24.2 Å². The highest BCUT2D eigenvalue weighted by Crippen LogP contribution is 2.47. The standard InChI is InChI=1S/C35H46FN5O3/c1-26(42)39-32(22-28-9-15-33(43)16-10-28)14-11-29(21-27-7-12-31(36)13-8-27)34(44)40-19-17-35(18-20-40,23-41-25-37-24-38-41)30-5-3-2-4-6-30/h7-10,12-13,15-16,24-25,29-30,32,43H,2-6,11,14,17-23H2,1H3,(H,39,42)/t29-,32?/m1/s1. The third kappa shape index (κ3) is 8.45. The van der Waals surface area contributed by atoms with Crippen molar-refractivity contribution in [1.29, 1.82) is 0 Å². The molecule has 44 heavy (non-hydrogen) atoms. The molecular formula is C35H46FN5O3. The minimum Gasteiger partial charge on any atom is -0.508 e. The Morgan fingerprint density at radius 2 is 1.64 bits per heavy atom. The van der Waals surface area contributed by atoms with E-state index in [1.807, 2.05) is 28.0 Å². The lowest BCUT2D eigenvalue weighted by atomic mass is 9.63. The average molecular weight is 604 g/mol. The number of phenols is 1. The van der Waals surface area contributed by atoms with Crippen LogP contribution in [0.25, 0.3) is 0 Å². The molecule has 9 heteroatoms. The molecule has 1 aliphatic carbocycles. The molecule has 2 aliphatic rings. The van der Waals surface area contributed by atoms with Crippen molar-refractivity contribution in [3.8, 4) is 5.75 Å². The number of hydrogen-bond acceptors (Lipinski definition) is 5. The molecule has 2 atom stereocenters. The van der Waals surface area contributed by atoms with Crippen LogP contribution in [0.1, 0.15) is 75.8 Å². The van der Waals surface area contributed by atoms with E-state index in [1.54, 1.807) is 30.6 Å². The van der Waals surface area contributed by atoms with Crippen molar-refractivity contribution in [1.82, 2.24) is 25.0 Å². The molecule has 3 aromatic rings. The van der Waals surface area contributed by atoms with E-state index in [0.29, 0.717) is 44.7 Å². The van der Waals surface area contributed by atoms with E-state index in [4.69, 9.17) is 0 Å². The van der Waals surface area contributed by atoms with Crippen molar-refractivity contribution in [3.63, 3.8) is 0 Å². The number of piperidine rings is 1. The van der Waals surface area contributed by atoms with E-state index in [9.17, 15) is 19.1 Å². The number of nitrogens with one attached hydrogen (secondary N) is 1. The van der Waals surface area contributed by atoms with E-state index in [0.717, 1.165) is 30.5 Å². The molecule has 0 bridgehead atoms. The Kier molecular flexibility index (Phi) is 10.7. The predicted octanol–water partition coefficient (Wildman–Crippen LogP) is 5.70. The lowest BCUT2D eigenvalue weighted by Crippen LogP contribution is -2.50. The highest BCUT2D eigenvalue weighted by Gasteiger charge is 2.43. The number of halogens is 1. The third-order valence-electron chi connectivity index (χ3n) is 9.92. The van der Waals surface area contributed by atoms with Crippen molar-refractivity contribution < 1.29 is 19.1 Å². The van der Waals surface area contributed by atoms with Gasteiger partial charge in [-0.15, -0.1) is 0 Å². The number of rotatable bonds is 12. The van der Waals surface area contributed by atoms with Gasteiger partial charge >= 0.3 is 0 Å². The summed E-state index contributed by atoms with van der Waals surface area (Å²) in [5.74, 6) is 0.278. The summed E-state index contributed by atoms with van der Waals surface area (Å²) in [7, 11) is 0. The van der Waals surface area contributed by atoms with Gasteiger partial charge in [-0.2, -0.15) is 5.10 Å². The summed E-state index contributed by atoms with van der Waals surface area (Å²) in [5, 5.41) is 17.2. The summed E-state index contributed by atoms with van der Waals surface area (Å²) in [6, 6.07) is 13.3. The van der Waals surface area contributed by atoms with Crippen LogP contribution in [0, 0.1) is 23.1 Å². The van der Waals surface area contributed by atoms with E-state index in [-0.39, 0.29) is 40.8 Å². The van der Waals surface area contributed by atoms with Gasteiger partial charge in [-0.05, 0) is 98.1 Å². The van der Waals surface area contributed by atoms with Crippen LogP contribution in [-0.2, 0) is 29.0 Å². The van der Waals surface area contributed by atoms with E-state index in [2.05, 4.69) is 15.4 Å². The normalized spacial score (nSPS) is 18.5. The van der Waals surface area contributed by atoms with Crippen molar-refractivity contribution in [2.75, 3.05) is 13.1 Å². The zero-order chi connectivity index (χ0) is 30.9. The van der Waals surface area contributed by atoms with Crippen LogP contribution in [0.5, 0.6) is 5.75 Å². The van der Waals surface area contributed by atoms with Gasteiger partial charge in [0, 0.05) is 38.5 Å². The molecule has 0 radical (unpaired) electrons. The number of amides is 2. The van der Waals surface area contributed by atoms with Crippen LogP contribution >= 0.6 is 0 Å². The average Bonchev–Trinajstić information content (AvgIpc) is 3.54. The largest absolute Gasteiger partial charge is 0.508 e. The first-order valence-corrected chi connectivity index (χ1v) is 16.2. The molecule has 2 amide bonds. The fourth-order valence-electron chi connectivity index (χ4n) is 7.53. The molecule has 2 fully saturated rings. The minimum atomic E-state index is -0.293. The molecule has 1 aromatic heterocycles. The molecule has 1 unspecified atom stereocenters. The smallest absolute Gasteiger partial charge is 0.226 e. The summed E-state index contributed by atoms with van der Waals surface area (Å²) in [6.45, 7) is 3.78. The zero-order valence-electron chi connectivity index (χ0n) is 25.8. The quantitative estimate of drug-likeness (QED) is 0.277. The van der Waals surface area contributed by atoms with Crippen LogP contribution < -0.4 is 5.32 Å².